The molecule has 0 heterocycles. The van der Waals surface area contributed by atoms with Gasteiger partial charge >= 0.3 is 0 Å². The zero-order valence-corrected chi connectivity index (χ0v) is 30.6. The molecule has 4 unspecified atom stereocenters. The summed E-state index contributed by atoms with van der Waals surface area (Å²) in [6.07, 6.45) is 14.4. The van der Waals surface area contributed by atoms with E-state index in [1.54, 1.807) is 11.1 Å². The van der Waals surface area contributed by atoms with Crippen LogP contribution in [0, 0.1) is 42.4 Å². The average molecular weight is 610 g/mol. The van der Waals surface area contributed by atoms with Crippen LogP contribution >= 0.6 is 0 Å². The summed E-state index contributed by atoms with van der Waals surface area (Å²) < 4.78 is 0. The fourth-order valence-corrected chi connectivity index (χ4v) is 8.13. The van der Waals surface area contributed by atoms with Crippen LogP contribution in [0.25, 0.3) is 0 Å². The first kappa shape index (κ1) is 35.4. The van der Waals surface area contributed by atoms with Crippen LogP contribution in [0.2, 0.25) is 0 Å². The van der Waals surface area contributed by atoms with E-state index in [0.29, 0.717) is 23.5 Å². The Kier molecular flexibility index (Phi) is 11.4. The van der Waals surface area contributed by atoms with E-state index in [4.69, 9.17) is 4.99 Å². The van der Waals surface area contributed by atoms with Crippen LogP contribution in [0.15, 0.2) is 69.4 Å². The summed E-state index contributed by atoms with van der Waals surface area (Å²) in [5, 5.41) is 0. The van der Waals surface area contributed by atoms with Crippen molar-refractivity contribution >= 4 is 12.0 Å². The molecule has 0 aliphatic heterocycles. The predicted molar refractivity (Wildman–Crippen MR) is 195 cm³/mol. The van der Waals surface area contributed by atoms with Crippen LogP contribution < -0.4 is 0 Å². The molecule has 0 amide bonds. The van der Waals surface area contributed by atoms with Gasteiger partial charge in [-0.05, 0) is 138 Å². The maximum atomic E-state index is 14.1. The molecule has 2 nitrogen and oxygen atoms in total. The number of benzene rings is 1. The summed E-state index contributed by atoms with van der Waals surface area (Å²) in [6.45, 7) is 29.0. The summed E-state index contributed by atoms with van der Waals surface area (Å²) in [5.74, 6) is 3.84. The molecule has 1 aromatic rings. The lowest BCUT2D eigenvalue weighted by Crippen LogP contribution is -2.39. The number of carbonyl (C=O) groups is 1. The van der Waals surface area contributed by atoms with Crippen molar-refractivity contribution in [3.63, 3.8) is 0 Å². The SMILES string of the molecule is C=C1CC(C)=C(C)C(N=CC(C)C(C)C)=CC1c1ccc(C(C)(C)C(=O)[C@@H](C)C2CC(=C(C)CC3CCC(CC)C3)C2)c(C)c1. The number of aryl methyl sites for hydroxylation is 1. The molecule has 246 valence electrons. The van der Waals surface area contributed by atoms with E-state index < -0.39 is 5.41 Å². The maximum absolute atomic E-state index is 14.1. The Balaban J connectivity index is 1.48. The number of hydrogen-bond acceptors (Lipinski definition) is 2. The quantitative estimate of drug-likeness (QED) is 0.181. The highest BCUT2D eigenvalue weighted by atomic mass is 16.1. The van der Waals surface area contributed by atoms with Gasteiger partial charge in [-0.15, -0.1) is 0 Å². The number of allylic oxidation sites excluding steroid dienone is 6. The Labute approximate surface area is 276 Å². The number of Topliss-reactive ketones (excluding diaryl/α,β-unsaturated/α-hetero) is 1. The van der Waals surface area contributed by atoms with Crippen molar-refractivity contribution in [3.8, 4) is 0 Å². The Bertz CT molecular complexity index is 1390. The van der Waals surface area contributed by atoms with Gasteiger partial charge in [-0.3, -0.25) is 9.79 Å². The molecule has 0 saturated heterocycles. The summed E-state index contributed by atoms with van der Waals surface area (Å²) >= 11 is 0. The maximum Gasteiger partial charge on any atom is 0.145 e. The summed E-state index contributed by atoms with van der Waals surface area (Å²) in [6, 6.07) is 6.76. The third-order valence-corrected chi connectivity index (χ3v) is 12.2. The van der Waals surface area contributed by atoms with Crippen LogP contribution in [-0.2, 0) is 10.2 Å². The molecular formula is C43H63NO. The highest BCUT2D eigenvalue weighted by Crippen LogP contribution is 2.46. The minimum absolute atomic E-state index is 0.0711. The van der Waals surface area contributed by atoms with Gasteiger partial charge in [-0.2, -0.15) is 0 Å². The van der Waals surface area contributed by atoms with Gasteiger partial charge < -0.3 is 0 Å². The molecule has 0 aromatic heterocycles. The van der Waals surface area contributed by atoms with Gasteiger partial charge in [0.15, 0.2) is 0 Å². The lowest BCUT2D eigenvalue weighted by atomic mass is 9.64. The van der Waals surface area contributed by atoms with E-state index in [1.165, 1.54) is 60.0 Å². The van der Waals surface area contributed by atoms with Gasteiger partial charge in [0.2, 0.25) is 0 Å². The zero-order chi connectivity index (χ0) is 33.2. The van der Waals surface area contributed by atoms with Crippen LogP contribution in [0.4, 0.5) is 0 Å². The smallest absolute Gasteiger partial charge is 0.145 e. The topological polar surface area (TPSA) is 29.4 Å². The van der Waals surface area contributed by atoms with E-state index in [1.807, 2.05) is 0 Å². The molecule has 3 aliphatic carbocycles. The fourth-order valence-electron chi connectivity index (χ4n) is 8.13. The Morgan fingerprint density at radius 2 is 1.73 bits per heavy atom. The highest BCUT2D eigenvalue weighted by molar-refractivity contribution is 5.91. The molecule has 0 spiro atoms. The highest BCUT2D eigenvalue weighted by Gasteiger charge is 2.41. The normalized spacial score (nSPS) is 25.8. The zero-order valence-electron chi connectivity index (χ0n) is 30.6. The molecule has 1 aromatic carbocycles. The second-order valence-electron chi connectivity index (χ2n) is 16.2. The number of aliphatic imine (C=N–C) groups is 1. The van der Waals surface area contributed by atoms with Crippen molar-refractivity contribution in [2.45, 2.75) is 139 Å². The minimum atomic E-state index is -0.525. The fraction of sp³-hybridized carbons (Fsp3) is 0.628. The molecule has 2 heteroatoms. The van der Waals surface area contributed by atoms with Crippen molar-refractivity contribution in [1.29, 1.82) is 0 Å². The summed E-state index contributed by atoms with van der Waals surface area (Å²) in [5.41, 5.74) is 11.2. The van der Waals surface area contributed by atoms with Crippen molar-refractivity contribution in [1.82, 2.24) is 0 Å². The van der Waals surface area contributed by atoms with Crippen LogP contribution in [0.3, 0.4) is 0 Å². The van der Waals surface area contributed by atoms with Gasteiger partial charge in [0, 0.05) is 23.5 Å². The molecule has 45 heavy (non-hydrogen) atoms. The lowest BCUT2D eigenvalue weighted by Gasteiger charge is -2.39. The number of nitrogens with zero attached hydrogens (tertiary/aromatic N) is 1. The first-order valence-corrected chi connectivity index (χ1v) is 18.1. The second kappa shape index (κ2) is 14.5. The van der Waals surface area contributed by atoms with E-state index in [2.05, 4.69) is 113 Å². The number of ketones is 1. The van der Waals surface area contributed by atoms with Gasteiger partial charge in [-0.25, -0.2) is 0 Å². The number of hydrogen-bond donors (Lipinski definition) is 0. The largest absolute Gasteiger partial charge is 0.298 e. The van der Waals surface area contributed by atoms with Crippen LogP contribution in [-0.4, -0.2) is 12.0 Å². The predicted octanol–water partition coefficient (Wildman–Crippen LogP) is 12.0. The summed E-state index contributed by atoms with van der Waals surface area (Å²) in [4.78, 5) is 19.1. The van der Waals surface area contributed by atoms with E-state index in [0.717, 1.165) is 42.4 Å². The third-order valence-electron chi connectivity index (χ3n) is 12.2. The van der Waals surface area contributed by atoms with E-state index in [9.17, 15) is 4.79 Å². The van der Waals surface area contributed by atoms with Gasteiger partial charge in [0.1, 0.15) is 5.78 Å². The summed E-state index contributed by atoms with van der Waals surface area (Å²) in [7, 11) is 0. The standard InChI is InChI=1S/C43H63NO/c1-13-34-14-15-35(21-34)19-28(5)37-22-38(23-37)33(10)42(45)43(11,12)40-17-16-36(20-30(40)7)39-24-41(44-25-31(8)26(2)3)32(9)27(4)18-29(39)6/h16-17,20,24-26,31,33-35,38-39H,6,13-15,18-19,21-23H2,1-5,7-12H3/t31?,33-,34?,35?,38?,39?/m0/s1. The van der Waals surface area contributed by atoms with Gasteiger partial charge in [0.25, 0.3) is 0 Å². The van der Waals surface area contributed by atoms with Gasteiger partial charge in [0.05, 0.1) is 5.70 Å². The number of rotatable bonds is 11. The van der Waals surface area contributed by atoms with Crippen molar-refractivity contribution in [3.05, 3.63) is 81.1 Å². The monoisotopic (exact) mass is 609 g/mol. The van der Waals surface area contributed by atoms with Crippen LogP contribution in [0.1, 0.15) is 143 Å². The minimum Gasteiger partial charge on any atom is -0.298 e. The molecule has 5 atom stereocenters. The van der Waals surface area contributed by atoms with E-state index >= 15 is 0 Å². The van der Waals surface area contributed by atoms with E-state index in [-0.39, 0.29) is 11.8 Å². The Morgan fingerprint density at radius 1 is 1.07 bits per heavy atom. The molecule has 0 radical (unpaired) electrons. The van der Waals surface area contributed by atoms with Gasteiger partial charge in [-0.1, -0.05) is 94.5 Å². The first-order chi connectivity index (χ1) is 21.1. The lowest BCUT2D eigenvalue weighted by molar-refractivity contribution is -0.129. The first-order valence-electron chi connectivity index (χ1n) is 18.1. The third kappa shape index (κ3) is 7.91. The van der Waals surface area contributed by atoms with Crippen molar-refractivity contribution < 1.29 is 4.79 Å². The number of carbonyl (C=O) groups excluding carboxylic acids is 1. The average Bonchev–Trinajstić information content (AvgIpc) is 3.38. The molecule has 0 bridgehead atoms. The van der Waals surface area contributed by atoms with Crippen LogP contribution in [0.5, 0.6) is 0 Å². The molecule has 2 saturated carbocycles. The molecule has 4 rings (SSSR count). The van der Waals surface area contributed by atoms with Crippen molar-refractivity contribution in [2.75, 3.05) is 0 Å². The molecule has 3 aliphatic rings. The van der Waals surface area contributed by atoms with Crippen molar-refractivity contribution in [2.24, 2.45) is 40.5 Å². The molecular weight excluding hydrogens is 546 g/mol. The Morgan fingerprint density at radius 3 is 2.33 bits per heavy atom. The molecule has 0 N–H and O–H groups in total. The Hall–Kier alpha value is -2.48. The molecule has 2 fully saturated rings. The second-order valence-corrected chi connectivity index (χ2v) is 16.2.